The Balaban J connectivity index is 2.18. The fourth-order valence-electron chi connectivity index (χ4n) is 2.24. The van der Waals surface area contributed by atoms with Crippen LogP contribution in [0.25, 0.3) is 0 Å². The molecule has 2 unspecified atom stereocenters. The normalized spacial score (nSPS) is 22.2. The van der Waals surface area contributed by atoms with Gasteiger partial charge in [-0.3, -0.25) is 0 Å². The molecule has 0 spiro atoms. The number of fused-ring (bicyclic) bond motifs is 1. The summed E-state index contributed by atoms with van der Waals surface area (Å²) in [5.41, 5.74) is 7.50. The highest BCUT2D eigenvalue weighted by Gasteiger charge is 2.24. The monoisotopic (exact) mass is 238 g/mol. The molecule has 1 aromatic rings. The lowest BCUT2D eigenvalue weighted by Gasteiger charge is -2.18. The molecule has 16 heavy (non-hydrogen) atoms. The summed E-state index contributed by atoms with van der Waals surface area (Å²) < 4.78 is 0. The van der Waals surface area contributed by atoms with Crippen molar-refractivity contribution in [3.05, 3.63) is 15.6 Å². The second kappa shape index (κ2) is 4.84. The van der Waals surface area contributed by atoms with Crippen LogP contribution >= 0.6 is 11.3 Å². The molecule has 0 bridgehead atoms. The van der Waals surface area contributed by atoms with Gasteiger partial charge in [0.15, 0.2) is 0 Å². The summed E-state index contributed by atoms with van der Waals surface area (Å²) in [7, 11) is 0. The van der Waals surface area contributed by atoms with Gasteiger partial charge in [-0.1, -0.05) is 27.2 Å². The van der Waals surface area contributed by atoms with E-state index in [-0.39, 0.29) is 6.04 Å². The van der Waals surface area contributed by atoms with Crippen molar-refractivity contribution >= 4 is 11.3 Å². The van der Waals surface area contributed by atoms with E-state index in [4.69, 9.17) is 10.7 Å². The van der Waals surface area contributed by atoms with Crippen LogP contribution in [0.15, 0.2) is 0 Å². The third kappa shape index (κ3) is 2.30. The van der Waals surface area contributed by atoms with Gasteiger partial charge in [0, 0.05) is 4.88 Å². The lowest BCUT2D eigenvalue weighted by atomic mass is 9.89. The number of thiazole rings is 1. The van der Waals surface area contributed by atoms with Crippen LogP contribution in [0, 0.1) is 11.8 Å². The minimum absolute atomic E-state index is 0.121. The van der Waals surface area contributed by atoms with Crippen molar-refractivity contribution < 1.29 is 0 Å². The molecule has 2 atom stereocenters. The van der Waals surface area contributed by atoms with Gasteiger partial charge in [-0.05, 0) is 31.1 Å². The Labute approximate surface area is 102 Å². The molecule has 0 radical (unpaired) electrons. The first kappa shape index (κ1) is 12.1. The highest BCUT2D eigenvalue weighted by Crippen LogP contribution is 2.34. The van der Waals surface area contributed by atoms with E-state index in [1.165, 1.54) is 29.8 Å². The lowest BCUT2D eigenvalue weighted by Crippen LogP contribution is -2.16. The molecule has 1 aliphatic rings. The van der Waals surface area contributed by atoms with Gasteiger partial charge in [-0.15, -0.1) is 11.3 Å². The summed E-state index contributed by atoms with van der Waals surface area (Å²) in [5.74, 6) is 1.35. The standard InChI is InChI=1S/C13H22N2S/c1-4-9-5-6-10-11(7-9)16-13(15-10)12(14)8(2)3/h8-9,12H,4-7,14H2,1-3H3. The quantitative estimate of drug-likeness (QED) is 0.877. The summed E-state index contributed by atoms with van der Waals surface area (Å²) in [5, 5.41) is 1.15. The van der Waals surface area contributed by atoms with Crippen LogP contribution in [0.1, 0.15) is 55.2 Å². The predicted molar refractivity (Wildman–Crippen MR) is 69.7 cm³/mol. The van der Waals surface area contributed by atoms with Gasteiger partial charge in [0.1, 0.15) is 5.01 Å². The molecule has 1 heterocycles. The number of hydrogen-bond donors (Lipinski definition) is 1. The fraction of sp³-hybridized carbons (Fsp3) is 0.769. The second-order valence-corrected chi connectivity index (χ2v) is 6.32. The van der Waals surface area contributed by atoms with E-state index in [0.717, 1.165) is 17.3 Å². The molecule has 3 heteroatoms. The van der Waals surface area contributed by atoms with Crippen LogP contribution in [0.2, 0.25) is 0 Å². The van der Waals surface area contributed by atoms with E-state index in [9.17, 15) is 0 Å². The fourth-order valence-corrected chi connectivity index (χ4v) is 3.64. The molecule has 0 saturated heterocycles. The number of hydrogen-bond acceptors (Lipinski definition) is 3. The first-order chi connectivity index (χ1) is 7.61. The minimum Gasteiger partial charge on any atom is -0.322 e. The van der Waals surface area contributed by atoms with Crippen molar-refractivity contribution in [3.63, 3.8) is 0 Å². The van der Waals surface area contributed by atoms with Gasteiger partial charge in [-0.25, -0.2) is 4.98 Å². The molecule has 2 nitrogen and oxygen atoms in total. The minimum atomic E-state index is 0.121. The van der Waals surface area contributed by atoms with Crippen molar-refractivity contribution in [1.82, 2.24) is 4.98 Å². The number of aryl methyl sites for hydroxylation is 1. The largest absolute Gasteiger partial charge is 0.322 e. The molecular formula is C13H22N2S. The van der Waals surface area contributed by atoms with Crippen LogP contribution in [-0.2, 0) is 12.8 Å². The van der Waals surface area contributed by atoms with Gasteiger partial charge < -0.3 is 5.73 Å². The molecule has 0 amide bonds. The maximum Gasteiger partial charge on any atom is 0.110 e. The Hall–Kier alpha value is -0.410. The first-order valence-electron chi connectivity index (χ1n) is 6.35. The van der Waals surface area contributed by atoms with E-state index < -0.39 is 0 Å². The molecule has 2 rings (SSSR count). The SMILES string of the molecule is CCC1CCc2nc(C(N)C(C)C)sc2C1. The Bertz CT molecular complexity index is 357. The summed E-state index contributed by atoms with van der Waals surface area (Å²) in [6.45, 7) is 6.62. The average Bonchev–Trinajstić information content (AvgIpc) is 2.69. The van der Waals surface area contributed by atoms with Gasteiger partial charge in [-0.2, -0.15) is 0 Å². The summed E-state index contributed by atoms with van der Waals surface area (Å²) in [4.78, 5) is 6.24. The van der Waals surface area contributed by atoms with E-state index in [1.807, 2.05) is 11.3 Å². The molecule has 1 aliphatic carbocycles. The zero-order valence-corrected chi connectivity index (χ0v) is 11.3. The van der Waals surface area contributed by atoms with Crippen molar-refractivity contribution in [2.45, 2.75) is 52.5 Å². The maximum absolute atomic E-state index is 6.16. The third-order valence-electron chi connectivity index (χ3n) is 3.64. The molecule has 2 N–H and O–H groups in total. The Morgan fingerprint density at radius 3 is 2.88 bits per heavy atom. The highest BCUT2D eigenvalue weighted by atomic mass is 32.1. The zero-order chi connectivity index (χ0) is 11.7. The van der Waals surface area contributed by atoms with E-state index in [2.05, 4.69) is 20.8 Å². The molecule has 90 valence electrons. The predicted octanol–water partition coefficient (Wildman–Crippen LogP) is 3.31. The van der Waals surface area contributed by atoms with E-state index in [1.54, 1.807) is 0 Å². The number of nitrogens with zero attached hydrogens (tertiary/aromatic N) is 1. The van der Waals surface area contributed by atoms with E-state index in [0.29, 0.717) is 5.92 Å². The molecule has 0 aliphatic heterocycles. The molecule has 0 fully saturated rings. The summed E-state index contributed by atoms with van der Waals surface area (Å²) in [6, 6.07) is 0.121. The second-order valence-electron chi connectivity index (χ2n) is 5.21. The van der Waals surface area contributed by atoms with Crippen molar-refractivity contribution in [3.8, 4) is 0 Å². The molecule has 0 saturated carbocycles. The van der Waals surface area contributed by atoms with Gasteiger partial charge in [0.2, 0.25) is 0 Å². The number of nitrogens with two attached hydrogens (primary N) is 1. The zero-order valence-electron chi connectivity index (χ0n) is 10.5. The third-order valence-corrected chi connectivity index (χ3v) is 4.86. The van der Waals surface area contributed by atoms with Crippen molar-refractivity contribution in [2.75, 3.05) is 0 Å². The lowest BCUT2D eigenvalue weighted by molar-refractivity contribution is 0.444. The van der Waals surface area contributed by atoms with Gasteiger partial charge >= 0.3 is 0 Å². The maximum atomic E-state index is 6.16. The summed E-state index contributed by atoms with van der Waals surface area (Å²) in [6.07, 6.45) is 5.00. The van der Waals surface area contributed by atoms with E-state index >= 15 is 0 Å². The highest BCUT2D eigenvalue weighted by molar-refractivity contribution is 7.11. The molecule has 1 aromatic heterocycles. The topological polar surface area (TPSA) is 38.9 Å². The van der Waals surface area contributed by atoms with Gasteiger partial charge in [0.25, 0.3) is 0 Å². The van der Waals surface area contributed by atoms with Crippen molar-refractivity contribution in [1.29, 1.82) is 0 Å². The number of aromatic nitrogens is 1. The Morgan fingerprint density at radius 2 is 2.25 bits per heavy atom. The van der Waals surface area contributed by atoms with Crippen LogP contribution in [0.3, 0.4) is 0 Å². The summed E-state index contributed by atoms with van der Waals surface area (Å²) >= 11 is 1.85. The van der Waals surface area contributed by atoms with Crippen LogP contribution < -0.4 is 5.73 Å². The van der Waals surface area contributed by atoms with Crippen LogP contribution in [0.5, 0.6) is 0 Å². The first-order valence-corrected chi connectivity index (χ1v) is 7.17. The van der Waals surface area contributed by atoms with Crippen molar-refractivity contribution in [2.24, 2.45) is 17.6 Å². The van der Waals surface area contributed by atoms with Crippen LogP contribution in [-0.4, -0.2) is 4.98 Å². The molecule has 0 aromatic carbocycles. The van der Waals surface area contributed by atoms with Crippen LogP contribution in [0.4, 0.5) is 0 Å². The van der Waals surface area contributed by atoms with Gasteiger partial charge in [0.05, 0.1) is 11.7 Å². The Kier molecular flexibility index (Phi) is 3.65. The Morgan fingerprint density at radius 1 is 1.50 bits per heavy atom. The smallest absolute Gasteiger partial charge is 0.110 e. The number of rotatable bonds is 3. The molecular weight excluding hydrogens is 216 g/mol. The average molecular weight is 238 g/mol.